The summed E-state index contributed by atoms with van der Waals surface area (Å²) in [5.41, 5.74) is 1.36. The number of hydrogen-bond donors (Lipinski definition) is 0. The van der Waals surface area contributed by atoms with Gasteiger partial charge in [-0.15, -0.1) is 11.3 Å². The van der Waals surface area contributed by atoms with Crippen LogP contribution in [-0.4, -0.2) is 47.1 Å². The van der Waals surface area contributed by atoms with Crippen LogP contribution in [0.1, 0.15) is 41.9 Å². The Bertz CT molecular complexity index is 709. The molecule has 3 heterocycles. The van der Waals surface area contributed by atoms with Crippen molar-refractivity contribution >= 4 is 27.4 Å². The van der Waals surface area contributed by atoms with Crippen molar-refractivity contribution in [2.75, 3.05) is 31.1 Å². The van der Waals surface area contributed by atoms with E-state index in [1.54, 1.807) is 11.3 Å². The molecule has 1 saturated heterocycles. The molecule has 4 nitrogen and oxygen atoms in total. The van der Waals surface area contributed by atoms with Crippen LogP contribution in [0.5, 0.6) is 0 Å². The predicted octanol–water partition coefficient (Wildman–Crippen LogP) is 3.68. The highest BCUT2D eigenvalue weighted by Crippen LogP contribution is 2.35. The van der Waals surface area contributed by atoms with Crippen LogP contribution in [0, 0.1) is 20.8 Å². The maximum atomic E-state index is 4.82. The Balaban J connectivity index is 1.60. The van der Waals surface area contributed by atoms with Gasteiger partial charge in [-0.25, -0.2) is 9.97 Å². The highest BCUT2D eigenvalue weighted by molar-refractivity contribution is 7.18. The Labute approximate surface area is 142 Å². The summed E-state index contributed by atoms with van der Waals surface area (Å²) in [5, 5.41) is 1.28. The second-order valence-corrected chi connectivity index (χ2v) is 8.22. The first-order chi connectivity index (χ1) is 11.1. The van der Waals surface area contributed by atoms with Gasteiger partial charge < -0.3 is 4.90 Å². The summed E-state index contributed by atoms with van der Waals surface area (Å²) in [6, 6.07) is 0.842. The molecule has 124 valence electrons. The lowest BCUT2D eigenvalue weighted by Gasteiger charge is -2.38. The van der Waals surface area contributed by atoms with Gasteiger partial charge in [-0.2, -0.15) is 0 Å². The number of hydrogen-bond acceptors (Lipinski definition) is 5. The second-order valence-electron chi connectivity index (χ2n) is 7.02. The average molecular weight is 331 g/mol. The SMILES string of the molecule is Cc1nc(N2CCN(C3CCCC3)CC2)c2c(C)c(C)sc2n1. The quantitative estimate of drug-likeness (QED) is 0.841. The predicted molar refractivity (Wildman–Crippen MR) is 97.7 cm³/mol. The summed E-state index contributed by atoms with van der Waals surface area (Å²) in [5.74, 6) is 2.06. The summed E-state index contributed by atoms with van der Waals surface area (Å²) in [6.45, 7) is 11.0. The summed E-state index contributed by atoms with van der Waals surface area (Å²) in [4.78, 5) is 17.2. The lowest BCUT2D eigenvalue weighted by Crippen LogP contribution is -2.50. The lowest BCUT2D eigenvalue weighted by molar-refractivity contribution is 0.187. The number of aromatic nitrogens is 2. The highest BCUT2D eigenvalue weighted by atomic mass is 32.1. The van der Waals surface area contributed by atoms with Crippen molar-refractivity contribution in [1.82, 2.24) is 14.9 Å². The molecule has 0 aromatic carbocycles. The van der Waals surface area contributed by atoms with Gasteiger partial charge in [0.15, 0.2) is 0 Å². The Morgan fingerprint density at radius 1 is 0.957 bits per heavy atom. The van der Waals surface area contributed by atoms with E-state index in [4.69, 9.17) is 4.98 Å². The number of nitrogens with zero attached hydrogens (tertiary/aromatic N) is 4. The molecule has 0 unspecified atom stereocenters. The number of aryl methyl sites for hydroxylation is 3. The zero-order chi connectivity index (χ0) is 16.0. The van der Waals surface area contributed by atoms with Crippen molar-refractivity contribution in [3.8, 4) is 0 Å². The van der Waals surface area contributed by atoms with E-state index in [2.05, 4.69) is 28.6 Å². The molecule has 0 radical (unpaired) electrons. The molecular weight excluding hydrogens is 304 g/mol. The second kappa shape index (κ2) is 6.02. The number of thiophene rings is 1. The minimum Gasteiger partial charge on any atom is -0.353 e. The average Bonchev–Trinajstić information content (AvgIpc) is 3.16. The molecule has 0 bridgehead atoms. The molecule has 1 saturated carbocycles. The van der Waals surface area contributed by atoms with Crippen LogP contribution in [0.3, 0.4) is 0 Å². The topological polar surface area (TPSA) is 32.3 Å². The van der Waals surface area contributed by atoms with E-state index in [0.29, 0.717) is 0 Å². The van der Waals surface area contributed by atoms with Crippen molar-refractivity contribution in [3.63, 3.8) is 0 Å². The van der Waals surface area contributed by atoms with Crippen LogP contribution >= 0.6 is 11.3 Å². The van der Waals surface area contributed by atoms with E-state index < -0.39 is 0 Å². The normalized spacial score (nSPS) is 20.7. The molecule has 2 fully saturated rings. The van der Waals surface area contributed by atoms with Crippen molar-refractivity contribution < 1.29 is 0 Å². The van der Waals surface area contributed by atoms with E-state index in [-0.39, 0.29) is 0 Å². The first-order valence-electron chi connectivity index (χ1n) is 8.87. The molecule has 1 aliphatic heterocycles. The van der Waals surface area contributed by atoms with Crippen molar-refractivity contribution in [2.45, 2.75) is 52.5 Å². The zero-order valence-electron chi connectivity index (χ0n) is 14.4. The summed E-state index contributed by atoms with van der Waals surface area (Å²) in [6.07, 6.45) is 5.65. The van der Waals surface area contributed by atoms with Gasteiger partial charge in [0, 0.05) is 37.1 Å². The standard InChI is InChI=1S/C18H26N4S/c1-12-13(2)23-18-16(12)17(19-14(3)20-18)22-10-8-21(9-11-22)15-6-4-5-7-15/h15H,4-11H2,1-3H3. The number of anilines is 1. The van der Waals surface area contributed by atoms with Gasteiger partial charge in [-0.3, -0.25) is 4.90 Å². The Hall–Kier alpha value is -1.20. The van der Waals surface area contributed by atoms with Gasteiger partial charge in [0.2, 0.25) is 0 Å². The summed E-state index contributed by atoms with van der Waals surface area (Å²) < 4.78 is 0. The van der Waals surface area contributed by atoms with Crippen LogP contribution in [0.15, 0.2) is 0 Å². The molecule has 2 aromatic heterocycles. The molecule has 5 heteroatoms. The van der Waals surface area contributed by atoms with Gasteiger partial charge in [0.1, 0.15) is 16.5 Å². The van der Waals surface area contributed by atoms with Crippen LogP contribution in [0.4, 0.5) is 5.82 Å². The van der Waals surface area contributed by atoms with Crippen LogP contribution in [0.25, 0.3) is 10.2 Å². The first kappa shape index (κ1) is 15.3. The van der Waals surface area contributed by atoms with Crippen molar-refractivity contribution in [3.05, 3.63) is 16.3 Å². The smallest absolute Gasteiger partial charge is 0.141 e. The molecule has 0 spiro atoms. The summed E-state index contributed by atoms with van der Waals surface area (Å²) in [7, 11) is 0. The van der Waals surface area contributed by atoms with E-state index in [1.807, 2.05) is 6.92 Å². The Morgan fingerprint density at radius 2 is 1.65 bits per heavy atom. The Morgan fingerprint density at radius 3 is 2.35 bits per heavy atom. The van der Waals surface area contributed by atoms with Crippen molar-refractivity contribution in [1.29, 1.82) is 0 Å². The highest BCUT2D eigenvalue weighted by Gasteiger charge is 2.28. The molecule has 0 N–H and O–H groups in total. The number of piperazine rings is 1. The fourth-order valence-electron chi connectivity index (χ4n) is 4.13. The minimum atomic E-state index is 0.842. The van der Waals surface area contributed by atoms with Crippen LogP contribution < -0.4 is 4.90 Å². The summed E-state index contributed by atoms with van der Waals surface area (Å²) >= 11 is 1.80. The van der Waals surface area contributed by atoms with E-state index >= 15 is 0 Å². The molecule has 4 rings (SSSR count). The van der Waals surface area contributed by atoms with Gasteiger partial charge in [0.05, 0.1) is 5.39 Å². The molecule has 23 heavy (non-hydrogen) atoms. The van der Waals surface area contributed by atoms with Crippen LogP contribution in [0.2, 0.25) is 0 Å². The molecule has 2 aromatic rings. The van der Waals surface area contributed by atoms with Gasteiger partial charge in [-0.1, -0.05) is 12.8 Å². The largest absolute Gasteiger partial charge is 0.353 e. The molecule has 0 amide bonds. The molecule has 2 aliphatic rings. The third kappa shape index (κ3) is 2.74. The molecule has 0 atom stereocenters. The molecular formula is C18H26N4S. The van der Waals surface area contributed by atoms with E-state index in [9.17, 15) is 0 Å². The lowest BCUT2D eigenvalue weighted by atomic mass is 10.1. The fourth-order valence-corrected chi connectivity index (χ4v) is 5.20. The first-order valence-corrected chi connectivity index (χ1v) is 9.68. The van der Waals surface area contributed by atoms with Crippen molar-refractivity contribution in [2.24, 2.45) is 0 Å². The van der Waals surface area contributed by atoms with E-state index in [1.165, 1.54) is 60.4 Å². The zero-order valence-corrected chi connectivity index (χ0v) is 15.2. The number of rotatable bonds is 2. The van der Waals surface area contributed by atoms with E-state index in [0.717, 1.165) is 29.8 Å². The maximum Gasteiger partial charge on any atom is 0.141 e. The minimum absolute atomic E-state index is 0.842. The molecule has 1 aliphatic carbocycles. The van der Waals surface area contributed by atoms with Gasteiger partial charge in [0.25, 0.3) is 0 Å². The van der Waals surface area contributed by atoms with Gasteiger partial charge in [-0.05, 0) is 39.2 Å². The third-order valence-corrected chi connectivity index (χ3v) is 6.68. The Kier molecular flexibility index (Phi) is 4.01. The number of fused-ring (bicyclic) bond motifs is 1. The maximum absolute atomic E-state index is 4.82. The fraction of sp³-hybridized carbons (Fsp3) is 0.667. The third-order valence-electron chi connectivity index (χ3n) is 5.58. The monoisotopic (exact) mass is 330 g/mol. The van der Waals surface area contributed by atoms with Crippen LogP contribution in [-0.2, 0) is 0 Å². The van der Waals surface area contributed by atoms with Gasteiger partial charge >= 0.3 is 0 Å².